The molecule has 2 amide bonds. The number of nitrogens with one attached hydrogen (secondary N) is 2. The van der Waals surface area contributed by atoms with Crippen molar-refractivity contribution in [3.8, 4) is 0 Å². The molecule has 0 unspecified atom stereocenters. The highest BCUT2D eigenvalue weighted by molar-refractivity contribution is 7.91. The van der Waals surface area contributed by atoms with E-state index in [9.17, 15) is 18.0 Å². The van der Waals surface area contributed by atoms with Gasteiger partial charge in [-0.3, -0.25) is 9.59 Å². The molecule has 0 aliphatic carbocycles. The van der Waals surface area contributed by atoms with Gasteiger partial charge in [0.1, 0.15) is 0 Å². The van der Waals surface area contributed by atoms with Crippen molar-refractivity contribution in [1.82, 2.24) is 10.2 Å². The van der Waals surface area contributed by atoms with Crippen LogP contribution in [0.1, 0.15) is 23.0 Å². The molecule has 2 fully saturated rings. The first-order chi connectivity index (χ1) is 11.8. The minimum Gasteiger partial charge on any atom is -0.345 e. The molecule has 3 rings (SSSR count). The van der Waals surface area contributed by atoms with Crippen LogP contribution in [-0.4, -0.2) is 74.9 Å². The number of hydrogen-bond donors (Lipinski definition) is 2. The smallest absolute Gasteiger partial charge is 0.275 e. The molecular formula is C16H24N3O4S2+. The van der Waals surface area contributed by atoms with Gasteiger partial charge in [-0.15, -0.1) is 11.3 Å². The van der Waals surface area contributed by atoms with Gasteiger partial charge in [0.25, 0.3) is 11.8 Å². The van der Waals surface area contributed by atoms with Crippen LogP contribution in [0.4, 0.5) is 0 Å². The number of amides is 2. The van der Waals surface area contributed by atoms with Crippen molar-refractivity contribution in [2.24, 2.45) is 0 Å². The summed E-state index contributed by atoms with van der Waals surface area (Å²) < 4.78 is 23.2. The van der Waals surface area contributed by atoms with E-state index in [0.717, 1.165) is 22.9 Å². The normalized spacial score (nSPS) is 26.5. The number of rotatable bonds is 4. The van der Waals surface area contributed by atoms with E-state index >= 15 is 0 Å². The van der Waals surface area contributed by atoms with E-state index in [4.69, 9.17) is 0 Å². The Morgan fingerprint density at radius 1 is 1.36 bits per heavy atom. The molecule has 2 aliphatic heterocycles. The van der Waals surface area contributed by atoms with Crippen molar-refractivity contribution in [3.05, 3.63) is 22.4 Å². The molecule has 0 aromatic carbocycles. The third-order valence-corrected chi connectivity index (χ3v) is 7.61. The lowest BCUT2D eigenvalue weighted by molar-refractivity contribution is -0.896. The summed E-state index contributed by atoms with van der Waals surface area (Å²) in [6, 6.07) is 3.70. The van der Waals surface area contributed by atoms with E-state index in [1.807, 2.05) is 22.4 Å². The van der Waals surface area contributed by atoms with Crippen molar-refractivity contribution in [2.75, 3.05) is 44.2 Å². The predicted molar refractivity (Wildman–Crippen MR) is 95.6 cm³/mol. The monoisotopic (exact) mass is 386 g/mol. The molecule has 7 nitrogen and oxygen atoms in total. The second-order valence-corrected chi connectivity index (χ2v) is 10.3. The highest BCUT2D eigenvalue weighted by Gasteiger charge is 2.40. The van der Waals surface area contributed by atoms with E-state index < -0.39 is 15.4 Å². The number of carbonyl (C=O) groups excluding carboxylic acids is 2. The third-order valence-electron chi connectivity index (χ3n) is 4.84. The first kappa shape index (κ1) is 18.3. The zero-order valence-electron chi connectivity index (χ0n) is 14.3. The van der Waals surface area contributed by atoms with Crippen LogP contribution in [0, 0.1) is 0 Å². The number of nitrogens with zero attached hydrogens (tertiary/aromatic N) is 1. The van der Waals surface area contributed by atoms with Gasteiger partial charge in [0.15, 0.2) is 16.4 Å². The van der Waals surface area contributed by atoms with Gasteiger partial charge in [-0.05, 0) is 24.8 Å². The number of thiophene rings is 1. The first-order valence-electron chi connectivity index (χ1n) is 8.44. The maximum absolute atomic E-state index is 12.3. The summed E-state index contributed by atoms with van der Waals surface area (Å²) in [6.45, 7) is 4.81. The van der Waals surface area contributed by atoms with Crippen LogP contribution in [0.15, 0.2) is 17.5 Å². The molecule has 1 atom stereocenters. The van der Waals surface area contributed by atoms with E-state index in [0.29, 0.717) is 26.1 Å². The van der Waals surface area contributed by atoms with Gasteiger partial charge in [0.05, 0.1) is 48.1 Å². The van der Waals surface area contributed by atoms with E-state index in [1.165, 1.54) is 11.3 Å². The average molecular weight is 387 g/mol. The Hall–Kier alpha value is -1.45. The van der Waals surface area contributed by atoms with Crippen molar-refractivity contribution in [2.45, 2.75) is 18.9 Å². The molecule has 138 valence electrons. The molecule has 9 heteroatoms. The fourth-order valence-electron chi connectivity index (χ4n) is 3.48. The molecule has 1 aromatic rings. The van der Waals surface area contributed by atoms with Crippen LogP contribution in [0.25, 0.3) is 0 Å². The van der Waals surface area contributed by atoms with Gasteiger partial charge in [0, 0.05) is 0 Å². The molecular weight excluding hydrogens is 362 g/mol. The SMILES string of the molecule is C[C@]1(NC(=O)C[NH+]2CCN(C(=O)c3cccs3)CC2)CCS(=O)(=O)C1. The van der Waals surface area contributed by atoms with Crippen LogP contribution in [0.2, 0.25) is 0 Å². The Bertz CT molecular complexity index is 739. The largest absolute Gasteiger partial charge is 0.345 e. The van der Waals surface area contributed by atoms with Crippen LogP contribution in [-0.2, 0) is 14.6 Å². The molecule has 3 heterocycles. The number of sulfone groups is 1. The quantitative estimate of drug-likeness (QED) is 0.679. The highest BCUT2D eigenvalue weighted by atomic mass is 32.2. The molecule has 0 bridgehead atoms. The van der Waals surface area contributed by atoms with Gasteiger partial charge in [-0.2, -0.15) is 0 Å². The summed E-state index contributed by atoms with van der Waals surface area (Å²) in [7, 11) is -3.04. The van der Waals surface area contributed by atoms with E-state index in [-0.39, 0.29) is 23.3 Å². The van der Waals surface area contributed by atoms with Gasteiger partial charge in [-0.25, -0.2) is 8.42 Å². The molecule has 0 saturated carbocycles. The lowest BCUT2D eigenvalue weighted by Gasteiger charge is -2.32. The van der Waals surface area contributed by atoms with Gasteiger partial charge in [-0.1, -0.05) is 6.07 Å². The maximum Gasteiger partial charge on any atom is 0.275 e. The van der Waals surface area contributed by atoms with Crippen LogP contribution in [0.3, 0.4) is 0 Å². The number of hydrogen-bond acceptors (Lipinski definition) is 5. The Kier molecular flexibility index (Phi) is 5.17. The molecule has 2 saturated heterocycles. The minimum absolute atomic E-state index is 0.0180. The molecule has 0 spiro atoms. The van der Waals surface area contributed by atoms with Crippen LogP contribution >= 0.6 is 11.3 Å². The summed E-state index contributed by atoms with van der Waals surface area (Å²) in [6.07, 6.45) is 0.472. The van der Waals surface area contributed by atoms with Crippen LogP contribution in [0.5, 0.6) is 0 Å². The third kappa shape index (κ3) is 4.59. The fraction of sp³-hybridized carbons (Fsp3) is 0.625. The van der Waals surface area contributed by atoms with Gasteiger partial charge < -0.3 is 15.1 Å². The Balaban J connectivity index is 1.46. The Morgan fingerprint density at radius 3 is 2.64 bits per heavy atom. The Morgan fingerprint density at radius 2 is 2.08 bits per heavy atom. The first-order valence-corrected chi connectivity index (χ1v) is 11.1. The van der Waals surface area contributed by atoms with E-state index in [2.05, 4.69) is 5.32 Å². The summed E-state index contributed by atoms with van der Waals surface area (Å²) in [5.41, 5.74) is -0.647. The number of carbonyl (C=O) groups is 2. The number of quaternary nitrogens is 1. The summed E-state index contributed by atoms with van der Waals surface area (Å²) in [5, 5.41) is 4.79. The fourth-order valence-corrected chi connectivity index (χ4v) is 6.26. The zero-order chi connectivity index (χ0) is 18.1. The van der Waals surface area contributed by atoms with E-state index in [1.54, 1.807) is 6.92 Å². The van der Waals surface area contributed by atoms with Crippen LogP contribution < -0.4 is 10.2 Å². The van der Waals surface area contributed by atoms with Crippen molar-refractivity contribution in [1.29, 1.82) is 0 Å². The number of piperazine rings is 1. The lowest BCUT2D eigenvalue weighted by atomic mass is 10.0. The minimum atomic E-state index is -3.04. The standard InChI is InChI=1S/C16H23N3O4S2/c1-16(4-10-25(22,23)12-16)17-14(20)11-18-5-7-19(8-6-18)15(21)13-3-2-9-24-13/h2-3,9H,4-8,10-12H2,1H3,(H,17,20)/p+1/t16-/m0/s1. The van der Waals surface area contributed by atoms with Gasteiger partial charge in [0.2, 0.25) is 0 Å². The summed E-state index contributed by atoms with van der Waals surface area (Å²) >= 11 is 1.44. The highest BCUT2D eigenvalue weighted by Crippen LogP contribution is 2.22. The van der Waals surface area contributed by atoms with Gasteiger partial charge >= 0.3 is 0 Å². The lowest BCUT2D eigenvalue weighted by Crippen LogP contribution is -3.16. The zero-order valence-corrected chi connectivity index (χ0v) is 15.9. The second kappa shape index (κ2) is 7.05. The molecule has 2 N–H and O–H groups in total. The van der Waals surface area contributed by atoms with Crippen molar-refractivity contribution < 1.29 is 22.9 Å². The predicted octanol–water partition coefficient (Wildman–Crippen LogP) is -1.22. The van der Waals surface area contributed by atoms with Crippen molar-refractivity contribution >= 4 is 33.0 Å². The molecule has 25 heavy (non-hydrogen) atoms. The molecule has 0 radical (unpaired) electrons. The average Bonchev–Trinajstić information content (AvgIpc) is 3.15. The Labute approximate surface area is 151 Å². The molecule has 1 aromatic heterocycles. The topological polar surface area (TPSA) is 88.0 Å². The summed E-state index contributed by atoms with van der Waals surface area (Å²) in [5.74, 6) is 0.0967. The maximum atomic E-state index is 12.3. The second-order valence-electron chi connectivity index (χ2n) is 7.15. The molecule has 2 aliphatic rings. The summed E-state index contributed by atoms with van der Waals surface area (Å²) in [4.78, 5) is 28.3. The van der Waals surface area contributed by atoms with Crippen molar-refractivity contribution in [3.63, 3.8) is 0 Å².